The predicted octanol–water partition coefficient (Wildman–Crippen LogP) is 2.15. The summed E-state index contributed by atoms with van der Waals surface area (Å²) in [6, 6.07) is 8.36. The number of nitrogens with zero attached hydrogens (tertiary/aromatic N) is 2. The molecule has 0 spiro atoms. The van der Waals surface area contributed by atoms with Crippen LogP contribution in [0.5, 0.6) is 0 Å². The van der Waals surface area contributed by atoms with E-state index in [2.05, 4.69) is 5.32 Å². The number of rotatable bonds is 4. The standard InChI is InChI=1S/C14H15N3O3/c1-10-5-4-8-16(14(10)18)9-11-6-3-7-12(17(19)20)13(11)15-2/h3-8,15H,9H2,1-2H3. The van der Waals surface area contributed by atoms with E-state index in [1.165, 1.54) is 10.6 Å². The van der Waals surface area contributed by atoms with Crippen LogP contribution in [0.3, 0.4) is 0 Å². The second-order valence-corrected chi connectivity index (χ2v) is 4.44. The third-order valence-corrected chi connectivity index (χ3v) is 3.13. The zero-order valence-electron chi connectivity index (χ0n) is 11.3. The Kier molecular flexibility index (Phi) is 3.84. The molecule has 0 atom stereocenters. The molecule has 1 aromatic heterocycles. The van der Waals surface area contributed by atoms with Crippen molar-refractivity contribution < 1.29 is 4.92 Å². The van der Waals surface area contributed by atoms with Crippen LogP contribution in [0.2, 0.25) is 0 Å². The fraction of sp³-hybridized carbons (Fsp3) is 0.214. The summed E-state index contributed by atoms with van der Waals surface area (Å²) in [4.78, 5) is 22.6. The molecule has 0 saturated carbocycles. The molecule has 0 radical (unpaired) electrons. The normalized spacial score (nSPS) is 10.3. The quantitative estimate of drug-likeness (QED) is 0.684. The molecule has 0 aliphatic carbocycles. The van der Waals surface area contributed by atoms with Crippen LogP contribution < -0.4 is 10.9 Å². The average Bonchev–Trinajstić information content (AvgIpc) is 2.43. The van der Waals surface area contributed by atoms with Crippen LogP contribution in [0.15, 0.2) is 41.3 Å². The molecule has 0 bridgehead atoms. The molecule has 104 valence electrons. The monoisotopic (exact) mass is 273 g/mol. The molecule has 0 aliphatic rings. The minimum Gasteiger partial charge on any atom is -0.382 e. The molecule has 20 heavy (non-hydrogen) atoms. The maximum Gasteiger partial charge on any atom is 0.292 e. The number of aromatic nitrogens is 1. The highest BCUT2D eigenvalue weighted by molar-refractivity contribution is 5.66. The molecular formula is C14H15N3O3. The van der Waals surface area contributed by atoms with Gasteiger partial charge in [-0.15, -0.1) is 0 Å². The number of nitro groups is 1. The Morgan fingerprint density at radius 2 is 2.05 bits per heavy atom. The van der Waals surface area contributed by atoms with E-state index in [-0.39, 0.29) is 11.2 Å². The number of nitro benzene ring substituents is 1. The van der Waals surface area contributed by atoms with Gasteiger partial charge in [0, 0.05) is 30.4 Å². The average molecular weight is 273 g/mol. The number of anilines is 1. The second kappa shape index (κ2) is 5.56. The molecule has 0 amide bonds. The molecule has 0 fully saturated rings. The van der Waals surface area contributed by atoms with E-state index in [4.69, 9.17) is 0 Å². The van der Waals surface area contributed by atoms with Crippen LogP contribution in [0.4, 0.5) is 11.4 Å². The summed E-state index contributed by atoms with van der Waals surface area (Å²) >= 11 is 0. The van der Waals surface area contributed by atoms with Crippen molar-refractivity contribution in [3.05, 3.63) is 68.1 Å². The Morgan fingerprint density at radius 3 is 2.70 bits per heavy atom. The van der Waals surface area contributed by atoms with Crippen molar-refractivity contribution in [2.75, 3.05) is 12.4 Å². The van der Waals surface area contributed by atoms with Crippen molar-refractivity contribution in [1.29, 1.82) is 0 Å². The summed E-state index contributed by atoms with van der Waals surface area (Å²) in [7, 11) is 1.63. The summed E-state index contributed by atoms with van der Waals surface area (Å²) in [6.45, 7) is 2.03. The van der Waals surface area contributed by atoms with Gasteiger partial charge in [0.05, 0.1) is 11.5 Å². The summed E-state index contributed by atoms with van der Waals surface area (Å²) < 4.78 is 1.54. The summed E-state index contributed by atoms with van der Waals surface area (Å²) in [6.07, 6.45) is 1.67. The predicted molar refractivity (Wildman–Crippen MR) is 77.2 cm³/mol. The minimum absolute atomic E-state index is 0.00528. The second-order valence-electron chi connectivity index (χ2n) is 4.44. The van der Waals surface area contributed by atoms with E-state index in [1.54, 1.807) is 44.4 Å². The highest BCUT2D eigenvalue weighted by Gasteiger charge is 2.16. The van der Waals surface area contributed by atoms with Crippen LogP contribution in [0, 0.1) is 17.0 Å². The van der Waals surface area contributed by atoms with Crippen molar-refractivity contribution in [2.24, 2.45) is 0 Å². The van der Waals surface area contributed by atoms with Crippen LogP contribution in [-0.4, -0.2) is 16.5 Å². The zero-order valence-corrected chi connectivity index (χ0v) is 11.3. The fourth-order valence-corrected chi connectivity index (χ4v) is 2.12. The van der Waals surface area contributed by atoms with Gasteiger partial charge >= 0.3 is 0 Å². The van der Waals surface area contributed by atoms with Gasteiger partial charge in [-0.05, 0) is 13.0 Å². The molecule has 6 heteroatoms. The Hall–Kier alpha value is -2.63. The summed E-state index contributed by atoms with van der Waals surface area (Å²) in [5, 5.41) is 13.8. The van der Waals surface area contributed by atoms with E-state index in [0.717, 1.165) is 0 Å². The number of para-hydroxylation sites is 1. The molecule has 0 aliphatic heterocycles. The molecule has 6 nitrogen and oxygen atoms in total. The van der Waals surface area contributed by atoms with Crippen LogP contribution in [0.25, 0.3) is 0 Å². The highest BCUT2D eigenvalue weighted by atomic mass is 16.6. The van der Waals surface area contributed by atoms with E-state index in [1.807, 2.05) is 0 Å². The third-order valence-electron chi connectivity index (χ3n) is 3.13. The van der Waals surface area contributed by atoms with E-state index in [9.17, 15) is 14.9 Å². The molecular weight excluding hydrogens is 258 g/mol. The Labute approximate surface area is 115 Å². The van der Waals surface area contributed by atoms with Gasteiger partial charge < -0.3 is 9.88 Å². The lowest BCUT2D eigenvalue weighted by Gasteiger charge is -2.11. The van der Waals surface area contributed by atoms with Gasteiger partial charge in [0.25, 0.3) is 11.2 Å². The van der Waals surface area contributed by atoms with Gasteiger partial charge in [-0.2, -0.15) is 0 Å². The minimum atomic E-state index is -0.436. The van der Waals surface area contributed by atoms with Crippen LogP contribution >= 0.6 is 0 Å². The maximum absolute atomic E-state index is 12.0. The van der Waals surface area contributed by atoms with Gasteiger partial charge in [0.1, 0.15) is 5.69 Å². The number of hydrogen-bond acceptors (Lipinski definition) is 4. The Bertz CT molecular complexity index is 707. The van der Waals surface area contributed by atoms with Crippen molar-refractivity contribution in [3.63, 3.8) is 0 Å². The molecule has 0 saturated heterocycles. The molecule has 2 aromatic rings. The Balaban J connectivity index is 2.49. The lowest BCUT2D eigenvalue weighted by Crippen LogP contribution is -2.22. The van der Waals surface area contributed by atoms with Gasteiger partial charge in [-0.3, -0.25) is 14.9 Å². The zero-order chi connectivity index (χ0) is 14.7. The Morgan fingerprint density at radius 1 is 1.30 bits per heavy atom. The molecule has 1 N–H and O–H groups in total. The van der Waals surface area contributed by atoms with Crippen molar-refractivity contribution >= 4 is 11.4 Å². The lowest BCUT2D eigenvalue weighted by atomic mass is 10.1. The van der Waals surface area contributed by atoms with E-state index >= 15 is 0 Å². The van der Waals surface area contributed by atoms with E-state index < -0.39 is 4.92 Å². The largest absolute Gasteiger partial charge is 0.382 e. The number of aryl methyl sites for hydroxylation is 1. The first-order chi connectivity index (χ1) is 9.54. The number of hydrogen-bond donors (Lipinski definition) is 1. The molecule has 1 aromatic carbocycles. The van der Waals surface area contributed by atoms with E-state index in [0.29, 0.717) is 23.4 Å². The molecule has 1 heterocycles. The SMILES string of the molecule is CNc1c(Cn2cccc(C)c2=O)cccc1[N+](=O)[O-]. The van der Waals surface area contributed by atoms with Crippen molar-refractivity contribution in [3.8, 4) is 0 Å². The van der Waals surface area contributed by atoms with Crippen LogP contribution in [0.1, 0.15) is 11.1 Å². The van der Waals surface area contributed by atoms with Crippen molar-refractivity contribution in [1.82, 2.24) is 4.57 Å². The van der Waals surface area contributed by atoms with Crippen molar-refractivity contribution in [2.45, 2.75) is 13.5 Å². The first kappa shape index (κ1) is 13.8. The van der Waals surface area contributed by atoms with Gasteiger partial charge in [-0.1, -0.05) is 18.2 Å². The third kappa shape index (κ3) is 2.54. The van der Waals surface area contributed by atoms with Gasteiger partial charge in [0.15, 0.2) is 0 Å². The van der Waals surface area contributed by atoms with Gasteiger partial charge in [0.2, 0.25) is 0 Å². The molecule has 0 unspecified atom stereocenters. The number of nitrogens with one attached hydrogen (secondary N) is 1. The summed E-state index contributed by atoms with van der Waals surface area (Å²) in [5.74, 6) is 0. The lowest BCUT2D eigenvalue weighted by molar-refractivity contribution is -0.384. The smallest absolute Gasteiger partial charge is 0.292 e. The number of benzene rings is 1. The highest BCUT2D eigenvalue weighted by Crippen LogP contribution is 2.28. The fourth-order valence-electron chi connectivity index (χ4n) is 2.12. The molecule has 2 rings (SSSR count). The summed E-state index contributed by atoms with van der Waals surface area (Å²) in [5.41, 5.74) is 1.69. The topological polar surface area (TPSA) is 77.2 Å². The number of pyridine rings is 1. The van der Waals surface area contributed by atoms with Gasteiger partial charge in [-0.25, -0.2) is 0 Å². The maximum atomic E-state index is 12.0. The van der Waals surface area contributed by atoms with Crippen LogP contribution in [-0.2, 0) is 6.54 Å². The first-order valence-electron chi connectivity index (χ1n) is 6.14. The first-order valence-corrected chi connectivity index (χ1v) is 6.14.